The molecular weight excluding hydrogens is 443 g/mol. The zero-order valence-electron chi connectivity index (χ0n) is 19.2. The van der Waals surface area contributed by atoms with Gasteiger partial charge in [0.05, 0.1) is 17.6 Å². The molecule has 5 aromatic carbocycles. The molecule has 168 valence electrons. The van der Waals surface area contributed by atoms with Gasteiger partial charge in [-0.25, -0.2) is 9.24 Å². The number of benzene rings is 5. The Labute approximate surface area is 209 Å². The summed E-state index contributed by atoms with van der Waals surface area (Å²) in [6, 6.07) is 40.5. The van der Waals surface area contributed by atoms with E-state index in [1.165, 1.54) is 0 Å². The van der Waals surface area contributed by atoms with Crippen molar-refractivity contribution in [2.45, 2.75) is 5.41 Å². The predicted octanol–water partition coefficient (Wildman–Crippen LogP) is 8.28. The molecule has 3 heteroatoms. The van der Waals surface area contributed by atoms with Crippen LogP contribution in [0.2, 0.25) is 0 Å². The van der Waals surface area contributed by atoms with Crippen molar-refractivity contribution in [2.75, 3.05) is 0 Å². The average Bonchev–Trinajstić information content (AvgIpc) is 3.25. The van der Waals surface area contributed by atoms with E-state index in [1.807, 2.05) is 36.4 Å². The predicted molar refractivity (Wildman–Crippen MR) is 140 cm³/mol. The van der Waals surface area contributed by atoms with E-state index in [-0.39, 0.29) is 11.3 Å². The second kappa shape index (κ2) is 8.35. The molecule has 5 aromatic rings. The van der Waals surface area contributed by atoms with Crippen molar-refractivity contribution in [1.82, 2.24) is 0 Å². The van der Waals surface area contributed by atoms with E-state index < -0.39 is 11.2 Å². The molecule has 2 nitrogen and oxygen atoms in total. The first-order chi connectivity index (χ1) is 17.7. The van der Waals surface area contributed by atoms with E-state index in [0.29, 0.717) is 5.56 Å². The van der Waals surface area contributed by atoms with Crippen LogP contribution in [-0.4, -0.2) is 0 Å². The van der Waals surface area contributed by atoms with Crippen molar-refractivity contribution in [1.29, 1.82) is 5.26 Å². The Kier molecular flexibility index (Phi) is 4.99. The van der Waals surface area contributed by atoms with Crippen LogP contribution < -0.4 is 0 Å². The Morgan fingerprint density at radius 3 is 1.92 bits per heavy atom. The quantitative estimate of drug-likeness (QED) is 0.243. The van der Waals surface area contributed by atoms with E-state index in [1.54, 1.807) is 12.1 Å². The van der Waals surface area contributed by atoms with Gasteiger partial charge in [-0.3, -0.25) is 0 Å². The van der Waals surface area contributed by atoms with Gasteiger partial charge in [-0.15, -0.1) is 0 Å². The molecule has 0 aromatic heterocycles. The maximum Gasteiger partial charge on any atom is 0.224 e. The van der Waals surface area contributed by atoms with Crippen LogP contribution in [0, 0.1) is 23.7 Å². The summed E-state index contributed by atoms with van der Waals surface area (Å²) in [6.45, 7) is 7.45. The highest BCUT2D eigenvalue weighted by Gasteiger charge is 2.46. The van der Waals surface area contributed by atoms with Crippen LogP contribution in [0.4, 0.5) is 10.1 Å². The van der Waals surface area contributed by atoms with Crippen LogP contribution in [0.1, 0.15) is 27.8 Å². The lowest BCUT2D eigenvalue weighted by atomic mass is 9.67. The standard InChI is InChI=1S/C33H19FN2/c1-36-30-20-22(19-23(21-35)32(30)34)26-16-10-18-29-31(26)27-15-8-9-17-28(27)33(29,24-11-4-2-5-12-24)25-13-6-3-7-14-25/h2-20H. The number of nitrogens with zero attached hydrogens (tertiary/aromatic N) is 2. The van der Waals surface area contributed by atoms with Crippen molar-refractivity contribution >= 4 is 5.69 Å². The molecule has 0 radical (unpaired) electrons. The minimum Gasteiger partial charge on any atom is -0.235 e. The maximum atomic E-state index is 14.6. The molecule has 0 heterocycles. The van der Waals surface area contributed by atoms with Gasteiger partial charge in [0.25, 0.3) is 0 Å². The molecule has 0 spiro atoms. The fraction of sp³-hybridized carbons (Fsp3) is 0.0303. The van der Waals surface area contributed by atoms with Crippen LogP contribution in [0.15, 0.2) is 115 Å². The van der Waals surface area contributed by atoms with Gasteiger partial charge in [0.2, 0.25) is 5.69 Å². The lowest BCUT2D eigenvalue weighted by Crippen LogP contribution is -2.28. The third kappa shape index (κ3) is 2.94. The largest absolute Gasteiger partial charge is 0.235 e. The summed E-state index contributed by atoms with van der Waals surface area (Å²) in [5.41, 5.74) is 7.41. The fourth-order valence-electron chi connectivity index (χ4n) is 5.66. The molecule has 1 aliphatic carbocycles. The first kappa shape index (κ1) is 21.5. The summed E-state index contributed by atoms with van der Waals surface area (Å²) < 4.78 is 14.6. The van der Waals surface area contributed by atoms with Gasteiger partial charge in [-0.2, -0.15) is 5.26 Å². The molecule has 0 unspecified atom stereocenters. The molecule has 0 amide bonds. The molecule has 0 atom stereocenters. The molecule has 0 saturated heterocycles. The highest BCUT2D eigenvalue weighted by Crippen LogP contribution is 2.58. The minimum atomic E-state index is -0.771. The monoisotopic (exact) mass is 462 g/mol. The Bertz CT molecular complexity index is 1630. The Hall–Kier alpha value is -4.99. The third-order valence-electron chi connectivity index (χ3n) is 7.09. The number of hydrogen-bond donors (Lipinski definition) is 0. The molecule has 0 aliphatic heterocycles. The van der Waals surface area contributed by atoms with Crippen molar-refractivity contribution in [3.8, 4) is 28.3 Å². The molecule has 0 saturated carbocycles. The van der Waals surface area contributed by atoms with Gasteiger partial charge in [0, 0.05) is 0 Å². The van der Waals surface area contributed by atoms with Gasteiger partial charge < -0.3 is 0 Å². The van der Waals surface area contributed by atoms with E-state index in [9.17, 15) is 9.65 Å². The topological polar surface area (TPSA) is 28.1 Å². The fourth-order valence-corrected chi connectivity index (χ4v) is 5.66. The van der Waals surface area contributed by atoms with Crippen LogP contribution in [0.3, 0.4) is 0 Å². The second-order valence-electron chi connectivity index (χ2n) is 8.84. The van der Waals surface area contributed by atoms with E-state index >= 15 is 0 Å². The number of rotatable bonds is 3. The summed E-state index contributed by atoms with van der Waals surface area (Å²) in [7, 11) is 0. The highest BCUT2D eigenvalue weighted by molar-refractivity contribution is 5.96. The van der Waals surface area contributed by atoms with Crippen LogP contribution in [-0.2, 0) is 5.41 Å². The molecular formula is C33H19FN2. The second-order valence-corrected chi connectivity index (χ2v) is 8.84. The first-order valence-corrected chi connectivity index (χ1v) is 11.7. The summed E-state index contributed by atoms with van der Waals surface area (Å²) in [5.74, 6) is -0.771. The van der Waals surface area contributed by atoms with Crippen molar-refractivity contribution in [2.24, 2.45) is 0 Å². The van der Waals surface area contributed by atoms with Gasteiger partial charge in [0.1, 0.15) is 11.9 Å². The lowest BCUT2D eigenvalue weighted by Gasteiger charge is -2.34. The summed E-state index contributed by atoms with van der Waals surface area (Å²) in [4.78, 5) is 3.35. The van der Waals surface area contributed by atoms with Gasteiger partial charge >= 0.3 is 0 Å². The molecule has 36 heavy (non-hydrogen) atoms. The van der Waals surface area contributed by atoms with Gasteiger partial charge in [0.15, 0.2) is 0 Å². The van der Waals surface area contributed by atoms with E-state index in [4.69, 9.17) is 6.57 Å². The van der Waals surface area contributed by atoms with Crippen molar-refractivity contribution in [3.05, 3.63) is 160 Å². The molecule has 0 bridgehead atoms. The molecule has 0 fully saturated rings. The third-order valence-corrected chi connectivity index (χ3v) is 7.09. The van der Waals surface area contributed by atoms with Gasteiger partial charge in [-0.1, -0.05) is 103 Å². The summed E-state index contributed by atoms with van der Waals surface area (Å²) in [5, 5.41) is 9.55. The van der Waals surface area contributed by atoms with E-state index in [0.717, 1.165) is 38.9 Å². The lowest BCUT2D eigenvalue weighted by molar-refractivity contribution is 0.630. The Morgan fingerprint density at radius 1 is 0.694 bits per heavy atom. The summed E-state index contributed by atoms with van der Waals surface area (Å²) in [6.07, 6.45) is 0. The number of fused-ring (bicyclic) bond motifs is 3. The molecule has 0 N–H and O–H groups in total. The Morgan fingerprint density at radius 2 is 1.28 bits per heavy atom. The van der Waals surface area contributed by atoms with Crippen LogP contribution >= 0.6 is 0 Å². The number of halogens is 1. The van der Waals surface area contributed by atoms with Crippen molar-refractivity contribution < 1.29 is 4.39 Å². The zero-order chi connectivity index (χ0) is 24.7. The van der Waals surface area contributed by atoms with Gasteiger partial charge in [-0.05, 0) is 56.6 Å². The first-order valence-electron chi connectivity index (χ1n) is 11.7. The normalized spacial score (nSPS) is 12.8. The minimum absolute atomic E-state index is 0.125. The summed E-state index contributed by atoms with van der Waals surface area (Å²) >= 11 is 0. The number of hydrogen-bond acceptors (Lipinski definition) is 1. The van der Waals surface area contributed by atoms with Crippen LogP contribution in [0.25, 0.3) is 27.1 Å². The number of nitriles is 1. The smallest absolute Gasteiger partial charge is 0.224 e. The highest BCUT2D eigenvalue weighted by atomic mass is 19.1. The maximum absolute atomic E-state index is 14.6. The Balaban J connectivity index is 1.76. The SMILES string of the molecule is [C-]#[N+]c1cc(-c2cccc3c2-c2ccccc2C3(c2ccccc2)c2ccccc2)cc(C#N)c1F. The zero-order valence-corrected chi connectivity index (χ0v) is 19.2. The molecule has 6 rings (SSSR count). The van der Waals surface area contributed by atoms with E-state index in [2.05, 4.69) is 77.6 Å². The molecule has 1 aliphatic rings. The van der Waals surface area contributed by atoms with Crippen LogP contribution in [0.5, 0.6) is 0 Å². The van der Waals surface area contributed by atoms with Crippen molar-refractivity contribution in [3.63, 3.8) is 0 Å². The average molecular weight is 463 g/mol.